The molecule has 45 heavy (non-hydrogen) atoms. The zero-order valence-electron chi connectivity index (χ0n) is 26.9. The van der Waals surface area contributed by atoms with Crippen LogP contribution in [-0.4, -0.2) is 62.5 Å². The van der Waals surface area contributed by atoms with Crippen molar-refractivity contribution in [2.75, 3.05) is 37.3 Å². The minimum absolute atomic E-state index is 0.173. The summed E-state index contributed by atoms with van der Waals surface area (Å²) >= 11 is 1.57. The molecule has 2 saturated heterocycles. The highest BCUT2D eigenvalue weighted by atomic mass is 32.1. The molecule has 0 unspecified atom stereocenters. The molecule has 2 fully saturated rings. The molecule has 2 aliphatic heterocycles. The van der Waals surface area contributed by atoms with Crippen molar-refractivity contribution in [3.8, 4) is 17.6 Å². The number of thiophene rings is 1. The molecular formula is C34H43N9OS. The highest BCUT2D eigenvalue weighted by Crippen LogP contribution is 2.55. The molecule has 8 rings (SSSR count). The average Bonchev–Trinajstić information content (AvgIpc) is 3.81. The maximum Gasteiger partial charge on any atom is 0.186 e. The van der Waals surface area contributed by atoms with E-state index in [1.54, 1.807) is 11.3 Å². The number of anilines is 2. The second-order valence-electron chi connectivity index (χ2n) is 14.7. The number of rotatable bonds is 4. The fourth-order valence-electron chi connectivity index (χ4n) is 9.09. The van der Waals surface area contributed by atoms with Crippen LogP contribution in [-0.2, 0) is 18.3 Å². The highest BCUT2D eigenvalue weighted by Gasteiger charge is 2.49. The van der Waals surface area contributed by atoms with E-state index in [4.69, 9.17) is 30.5 Å². The molecule has 3 atom stereocenters. The van der Waals surface area contributed by atoms with Gasteiger partial charge in [0.2, 0.25) is 0 Å². The Morgan fingerprint density at radius 1 is 1.11 bits per heavy atom. The van der Waals surface area contributed by atoms with Gasteiger partial charge in [0.05, 0.1) is 28.6 Å². The second kappa shape index (κ2) is 10.5. The Morgan fingerprint density at radius 3 is 2.69 bits per heavy atom. The van der Waals surface area contributed by atoms with Gasteiger partial charge in [0, 0.05) is 29.6 Å². The molecule has 4 aromatic heterocycles. The van der Waals surface area contributed by atoms with Crippen molar-refractivity contribution in [2.45, 2.75) is 102 Å². The van der Waals surface area contributed by atoms with Crippen molar-refractivity contribution in [1.29, 1.82) is 5.26 Å². The molecule has 11 heteroatoms. The van der Waals surface area contributed by atoms with Gasteiger partial charge in [-0.25, -0.2) is 14.6 Å². The summed E-state index contributed by atoms with van der Waals surface area (Å²) in [7, 11) is 2.22. The number of fused-ring (bicyclic) bond motifs is 5. The van der Waals surface area contributed by atoms with Crippen LogP contribution in [0.1, 0.15) is 106 Å². The first-order valence-electron chi connectivity index (χ1n) is 16.7. The number of nitriles is 1. The Hall–Kier alpha value is -3.49. The minimum Gasteiger partial charge on any atom is -0.389 e. The van der Waals surface area contributed by atoms with Gasteiger partial charge in [-0.2, -0.15) is 10.4 Å². The van der Waals surface area contributed by atoms with E-state index < -0.39 is 0 Å². The number of aryl methyl sites for hydroxylation is 1. The van der Waals surface area contributed by atoms with E-state index in [1.165, 1.54) is 17.7 Å². The van der Waals surface area contributed by atoms with E-state index in [2.05, 4.69) is 48.4 Å². The summed E-state index contributed by atoms with van der Waals surface area (Å²) in [6, 6.07) is 3.02. The fraction of sp³-hybridized carbons (Fsp3) is 0.618. The highest BCUT2D eigenvalue weighted by molar-refractivity contribution is 7.16. The van der Waals surface area contributed by atoms with Gasteiger partial charge in [-0.05, 0) is 95.7 Å². The van der Waals surface area contributed by atoms with Crippen LogP contribution in [0.3, 0.4) is 0 Å². The Balaban J connectivity index is 1.30. The SMILES string of the molecule is C[C@@H]([C@@H]1CCCN1C)n1ncc2c(N3CCCC(C)(C)C3)nc(-c3noc4c3CCC[C@@]43CCCc4sc(N)c(C#N)c43)nc21. The van der Waals surface area contributed by atoms with Gasteiger partial charge in [0.15, 0.2) is 22.9 Å². The van der Waals surface area contributed by atoms with Crippen LogP contribution >= 0.6 is 11.3 Å². The van der Waals surface area contributed by atoms with E-state index in [-0.39, 0.29) is 16.9 Å². The Kier molecular flexibility index (Phi) is 6.77. The van der Waals surface area contributed by atoms with E-state index in [1.807, 2.05) is 6.20 Å². The molecule has 0 radical (unpaired) electrons. The third-order valence-electron chi connectivity index (χ3n) is 11.2. The van der Waals surface area contributed by atoms with Crippen LogP contribution in [0.2, 0.25) is 0 Å². The lowest BCUT2D eigenvalue weighted by atomic mass is 9.63. The molecule has 4 aliphatic rings. The summed E-state index contributed by atoms with van der Waals surface area (Å²) in [6.07, 6.45) is 12.4. The standard InChI is InChI=1S/C34H43N9OS/c1-20(24-10-7-15-41(24)4)43-32-23(18-37-43)31(42-16-8-12-33(2,3)19-42)38-30(39-32)27-21-9-5-13-34(28(21)44-40-27)14-6-11-25-26(34)22(17-35)29(36)45-25/h18,20,24H,5-16,19,36H2,1-4H3/t20-,24-,34-/m0/s1. The first-order valence-corrected chi connectivity index (χ1v) is 17.5. The zero-order valence-corrected chi connectivity index (χ0v) is 27.7. The zero-order chi connectivity index (χ0) is 31.1. The number of hydrogen-bond donors (Lipinski definition) is 1. The first kappa shape index (κ1) is 28.9. The maximum absolute atomic E-state index is 10.1. The van der Waals surface area contributed by atoms with Crippen LogP contribution in [0.25, 0.3) is 22.6 Å². The molecule has 0 bridgehead atoms. The number of nitrogen functional groups attached to an aromatic ring is 1. The molecule has 0 amide bonds. The van der Waals surface area contributed by atoms with Crippen LogP contribution in [0.15, 0.2) is 10.7 Å². The summed E-state index contributed by atoms with van der Waals surface area (Å²) in [6.45, 7) is 9.97. The monoisotopic (exact) mass is 625 g/mol. The van der Waals surface area contributed by atoms with Crippen molar-refractivity contribution in [3.05, 3.63) is 33.5 Å². The Bertz CT molecular complexity index is 1820. The first-order chi connectivity index (χ1) is 21.7. The summed E-state index contributed by atoms with van der Waals surface area (Å²) in [4.78, 5) is 16.7. The predicted molar refractivity (Wildman–Crippen MR) is 177 cm³/mol. The summed E-state index contributed by atoms with van der Waals surface area (Å²) in [5, 5.41) is 21.5. The van der Waals surface area contributed by atoms with Gasteiger partial charge in [-0.3, -0.25) is 0 Å². The van der Waals surface area contributed by atoms with Crippen LogP contribution in [0.4, 0.5) is 10.8 Å². The van der Waals surface area contributed by atoms with Crippen LogP contribution < -0.4 is 10.6 Å². The molecule has 6 heterocycles. The Morgan fingerprint density at radius 2 is 1.93 bits per heavy atom. The number of likely N-dealkylation sites (tertiary alicyclic amines) is 1. The van der Waals surface area contributed by atoms with Crippen molar-refractivity contribution in [1.82, 2.24) is 29.8 Å². The quantitative estimate of drug-likeness (QED) is 0.281. The largest absolute Gasteiger partial charge is 0.389 e. The second-order valence-corrected chi connectivity index (χ2v) is 15.8. The van der Waals surface area contributed by atoms with E-state index in [9.17, 15) is 5.26 Å². The van der Waals surface area contributed by atoms with Gasteiger partial charge >= 0.3 is 0 Å². The third-order valence-corrected chi connectivity index (χ3v) is 12.3. The number of aromatic nitrogens is 5. The maximum atomic E-state index is 10.1. The van der Waals surface area contributed by atoms with Crippen molar-refractivity contribution in [2.24, 2.45) is 5.41 Å². The van der Waals surface area contributed by atoms with E-state index in [0.29, 0.717) is 22.4 Å². The number of nitrogens with zero attached hydrogens (tertiary/aromatic N) is 8. The molecule has 2 aliphatic carbocycles. The van der Waals surface area contributed by atoms with Crippen LogP contribution in [0, 0.1) is 16.7 Å². The smallest absolute Gasteiger partial charge is 0.186 e. The molecule has 1 spiro atoms. The molecule has 10 nitrogen and oxygen atoms in total. The summed E-state index contributed by atoms with van der Waals surface area (Å²) in [5.41, 5.74) is 10.6. The lowest BCUT2D eigenvalue weighted by Crippen LogP contribution is -2.40. The van der Waals surface area contributed by atoms with Crippen LogP contribution in [0.5, 0.6) is 0 Å². The van der Waals surface area contributed by atoms with Gasteiger partial charge in [-0.1, -0.05) is 19.0 Å². The number of nitrogens with two attached hydrogens (primary N) is 1. The van der Waals surface area contributed by atoms with E-state index in [0.717, 1.165) is 110 Å². The average molecular weight is 626 g/mol. The fourth-order valence-corrected chi connectivity index (χ4v) is 10.2. The lowest BCUT2D eigenvalue weighted by molar-refractivity contribution is 0.232. The van der Waals surface area contributed by atoms with Crippen molar-refractivity contribution >= 4 is 33.2 Å². The van der Waals surface area contributed by atoms with Gasteiger partial charge in [0.1, 0.15) is 16.9 Å². The summed E-state index contributed by atoms with van der Waals surface area (Å²) in [5.74, 6) is 2.44. The summed E-state index contributed by atoms with van der Waals surface area (Å²) < 4.78 is 8.49. The van der Waals surface area contributed by atoms with Gasteiger partial charge in [-0.15, -0.1) is 11.3 Å². The van der Waals surface area contributed by atoms with Crippen molar-refractivity contribution < 1.29 is 4.52 Å². The lowest BCUT2D eigenvalue weighted by Gasteiger charge is -2.39. The van der Waals surface area contributed by atoms with Gasteiger partial charge < -0.3 is 20.1 Å². The molecule has 0 aromatic carbocycles. The number of hydrogen-bond acceptors (Lipinski definition) is 10. The molecule has 2 N–H and O–H groups in total. The molecule has 0 saturated carbocycles. The topological polar surface area (TPSA) is 126 Å². The molecule has 4 aromatic rings. The number of piperidine rings is 1. The van der Waals surface area contributed by atoms with Crippen molar-refractivity contribution in [3.63, 3.8) is 0 Å². The molecule has 236 valence electrons. The normalized spacial score (nSPS) is 25.4. The Labute approximate surface area is 268 Å². The predicted octanol–water partition coefficient (Wildman–Crippen LogP) is 6.24. The van der Waals surface area contributed by atoms with E-state index >= 15 is 0 Å². The third kappa shape index (κ3) is 4.43. The number of likely N-dealkylation sites (N-methyl/N-ethyl adjacent to an activating group) is 1. The van der Waals surface area contributed by atoms with Gasteiger partial charge in [0.25, 0.3) is 0 Å². The molecular weight excluding hydrogens is 583 g/mol. The minimum atomic E-state index is -0.376.